The van der Waals surface area contributed by atoms with Gasteiger partial charge in [0.05, 0.1) is 6.04 Å². The van der Waals surface area contributed by atoms with E-state index < -0.39 is 46.0 Å². The number of carbonyl (C=O) groups excluding carboxylic acids is 3. The lowest BCUT2D eigenvalue weighted by molar-refractivity contribution is -0.143. The van der Waals surface area contributed by atoms with Gasteiger partial charge in [0.15, 0.2) is 23.1 Å². The standard InChI is InChI=1S/C24H31N9O8S2/c1-13-19(22(36)33(13)43(37,38)39)30-21(35)20(18-12-42-24(27)29-18)31-41-17(10-34)11-40-16-4-3-14-8-32(9-15(14)7-16)23(26)28-6-2-5-25/h3-4,7,10,12-13,17,19H,2,5-6,8-9,11,25H2,1H3,(H2,26,28)(H2,27,29)(H,30,35)(H,37,38,39)/b31-20-. The van der Waals surface area contributed by atoms with Crippen molar-refractivity contribution in [3.8, 4) is 5.75 Å². The molecule has 232 valence electrons. The van der Waals surface area contributed by atoms with E-state index in [0.29, 0.717) is 44.2 Å². The molecule has 2 amide bonds. The number of anilines is 1. The number of oxime groups is 1. The lowest BCUT2D eigenvalue weighted by atomic mass is 10.0. The van der Waals surface area contributed by atoms with Gasteiger partial charge in [0.25, 0.3) is 11.8 Å². The number of β-lactam (4-membered cyclic amide) rings is 1. The first-order chi connectivity index (χ1) is 20.4. The van der Waals surface area contributed by atoms with Crippen molar-refractivity contribution in [1.82, 2.24) is 24.8 Å². The van der Waals surface area contributed by atoms with Gasteiger partial charge in [0, 0.05) is 25.0 Å². The van der Waals surface area contributed by atoms with Gasteiger partial charge >= 0.3 is 10.3 Å². The Morgan fingerprint density at radius 1 is 1.37 bits per heavy atom. The van der Waals surface area contributed by atoms with Crippen molar-refractivity contribution in [2.24, 2.45) is 10.9 Å². The molecular weight excluding hydrogens is 606 g/mol. The third kappa shape index (κ3) is 7.37. The van der Waals surface area contributed by atoms with Crippen LogP contribution in [0.1, 0.15) is 30.2 Å². The second-order valence-electron chi connectivity index (χ2n) is 9.61. The highest BCUT2D eigenvalue weighted by molar-refractivity contribution is 7.84. The van der Waals surface area contributed by atoms with Gasteiger partial charge < -0.3 is 36.6 Å². The van der Waals surface area contributed by atoms with Crippen LogP contribution < -0.4 is 26.8 Å². The molecule has 19 heteroatoms. The van der Waals surface area contributed by atoms with Crippen molar-refractivity contribution >= 4 is 56.5 Å². The normalized spacial score (nSPS) is 18.9. The van der Waals surface area contributed by atoms with Crippen molar-refractivity contribution < 1.29 is 36.9 Å². The summed E-state index contributed by atoms with van der Waals surface area (Å²) in [5.41, 5.74) is 12.7. The average Bonchev–Trinajstić information content (AvgIpc) is 3.58. The minimum absolute atomic E-state index is 0.0112. The number of fused-ring (bicyclic) bond motifs is 1. The number of benzene rings is 1. The van der Waals surface area contributed by atoms with Gasteiger partial charge in [-0.1, -0.05) is 11.2 Å². The zero-order chi connectivity index (χ0) is 31.3. The molecular formula is C24H31N9O8S2. The second-order valence-corrected chi connectivity index (χ2v) is 11.8. The predicted octanol–water partition coefficient (Wildman–Crippen LogP) is -1.20. The van der Waals surface area contributed by atoms with E-state index in [2.05, 4.69) is 20.8 Å². The highest BCUT2D eigenvalue weighted by Gasteiger charge is 2.51. The lowest BCUT2D eigenvalue weighted by Crippen LogP contribution is -2.71. The van der Waals surface area contributed by atoms with Gasteiger partial charge in [-0.3, -0.25) is 24.3 Å². The number of guanidine groups is 1. The number of aromatic nitrogens is 1. The molecule has 2 aliphatic heterocycles. The fourth-order valence-electron chi connectivity index (χ4n) is 4.35. The fourth-order valence-corrected chi connectivity index (χ4v) is 5.78. The van der Waals surface area contributed by atoms with Gasteiger partial charge in [-0.15, -0.1) is 11.3 Å². The van der Waals surface area contributed by atoms with Crippen LogP contribution in [0.15, 0.2) is 28.7 Å². The van der Waals surface area contributed by atoms with Crippen LogP contribution in [0.25, 0.3) is 0 Å². The number of nitrogens with one attached hydrogen (secondary N) is 3. The lowest BCUT2D eigenvalue weighted by Gasteiger charge is -2.42. The molecule has 3 unspecified atom stereocenters. The van der Waals surface area contributed by atoms with Gasteiger partial charge in [-0.05, 0) is 43.1 Å². The van der Waals surface area contributed by atoms with Gasteiger partial charge in [-0.25, -0.2) is 9.29 Å². The van der Waals surface area contributed by atoms with E-state index in [1.165, 1.54) is 12.3 Å². The molecule has 1 aromatic carbocycles. The molecule has 43 heavy (non-hydrogen) atoms. The van der Waals surface area contributed by atoms with E-state index in [0.717, 1.165) is 28.9 Å². The number of nitrogens with zero attached hydrogens (tertiary/aromatic N) is 4. The highest BCUT2D eigenvalue weighted by atomic mass is 32.2. The van der Waals surface area contributed by atoms with Crippen molar-refractivity contribution in [1.29, 1.82) is 5.41 Å². The van der Waals surface area contributed by atoms with Gasteiger partial charge in [-0.2, -0.15) is 8.42 Å². The van der Waals surface area contributed by atoms with Crippen LogP contribution >= 0.6 is 11.3 Å². The van der Waals surface area contributed by atoms with Gasteiger partial charge in [0.2, 0.25) is 6.10 Å². The summed E-state index contributed by atoms with van der Waals surface area (Å²) in [5.74, 6) is -1.25. The Morgan fingerprint density at radius 2 is 2.12 bits per heavy atom. The van der Waals surface area contributed by atoms with Gasteiger partial charge in [0.1, 0.15) is 24.1 Å². The summed E-state index contributed by atoms with van der Waals surface area (Å²) >= 11 is 1.00. The summed E-state index contributed by atoms with van der Waals surface area (Å²) in [7, 11) is -4.79. The molecule has 0 radical (unpaired) electrons. The van der Waals surface area contributed by atoms with Crippen LogP contribution in [0.4, 0.5) is 5.13 Å². The molecule has 3 atom stereocenters. The predicted molar refractivity (Wildman–Crippen MR) is 154 cm³/mol. The summed E-state index contributed by atoms with van der Waals surface area (Å²) in [5, 5.41) is 18.9. The van der Waals surface area contributed by atoms with Crippen molar-refractivity contribution in [3.05, 3.63) is 40.4 Å². The number of ether oxygens (including phenoxy) is 1. The first-order valence-electron chi connectivity index (χ1n) is 13.0. The molecule has 4 rings (SSSR count). The van der Waals surface area contributed by atoms with Crippen molar-refractivity contribution in [2.45, 2.75) is 44.6 Å². The summed E-state index contributed by atoms with van der Waals surface area (Å²) < 4.78 is 37.9. The number of hydrogen-bond acceptors (Lipinski definition) is 13. The maximum atomic E-state index is 13.0. The van der Waals surface area contributed by atoms with Crippen LogP contribution in [0.3, 0.4) is 0 Å². The van der Waals surface area contributed by atoms with Crippen molar-refractivity contribution in [2.75, 3.05) is 25.4 Å². The zero-order valence-electron chi connectivity index (χ0n) is 22.9. The molecule has 0 saturated carbocycles. The summed E-state index contributed by atoms with van der Waals surface area (Å²) in [6, 6.07) is 3.05. The Labute approximate surface area is 250 Å². The van der Waals surface area contributed by atoms with E-state index in [1.54, 1.807) is 12.1 Å². The smallest absolute Gasteiger partial charge is 0.362 e. The van der Waals surface area contributed by atoms with Crippen LogP contribution in [0.5, 0.6) is 5.75 Å². The third-order valence-corrected chi connectivity index (χ3v) is 8.27. The van der Waals surface area contributed by atoms with E-state index >= 15 is 0 Å². The van der Waals surface area contributed by atoms with Crippen molar-refractivity contribution in [3.63, 3.8) is 0 Å². The third-order valence-electron chi connectivity index (χ3n) is 6.59. The number of amides is 2. The first-order valence-corrected chi connectivity index (χ1v) is 15.2. The first kappa shape index (κ1) is 31.6. The van der Waals surface area contributed by atoms with E-state index in [-0.39, 0.29) is 21.7 Å². The number of aldehydes is 1. The van der Waals surface area contributed by atoms with Crippen LogP contribution in [-0.4, -0.2) is 94.8 Å². The molecule has 1 fully saturated rings. The molecule has 1 saturated heterocycles. The number of thiazole rings is 1. The molecule has 0 spiro atoms. The number of hydrogen-bond donors (Lipinski definition) is 6. The number of rotatable bonds is 13. The maximum absolute atomic E-state index is 13.0. The SMILES string of the molecule is CC1C(NC(=O)/C(=N\OC(C=O)COc2ccc3c(c2)CN(C(=N)NCCCN)C3)c2csc(N)n2)C(=O)N1S(=O)(=O)O. The fraction of sp³-hybridized carbons (Fsp3) is 0.417. The maximum Gasteiger partial charge on any atom is 0.362 e. The summed E-state index contributed by atoms with van der Waals surface area (Å²) in [6.45, 7) is 3.25. The molecule has 8 N–H and O–H groups in total. The molecule has 0 bridgehead atoms. The second kappa shape index (κ2) is 13.3. The molecule has 17 nitrogen and oxygen atoms in total. The van der Waals surface area contributed by atoms with E-state index in [9.17, 15) is 27.4 Å². The van der Waals surface area contributed by atoms with E-state index in [1.807, 2.05) is 11.0 Å². The quantitative estimate of drug-likeness (QED) is 0.0287. The number of nitrogen functional groups attached to an aromatic ring is 1. The van der Waals surface area contributed by atoms with Crippen LogP contribution in [-0.2, 0) is 42.6 Å². The Kier molecular flexibility index (Phi) is 9.79. The molecule has 2 aromatic rings. The van der Waals surface area contributed by atoms with Crippen LogP contribution in [0.2, 0.25) is 0 Å². The molecule has 1 aromatic heterocycles. The zero-order valence-corrected chi connectivity index (χ0v) is 24.6. The molecule has 2 aliphatic rings. The largest absolute Gasteiger partial charge is 0.489 e. The minimum atomic E-state index is -4.79. The average molecular weight is 638 g/mol. The minimum Gasteiger partial charge on any atom is -0.489 e. The number of carbonyl (C=O) groups is 3. The Hall–Kier alpha value is -4.33. The Bertz CT molecular complexity index is 1530. The molecule has 0 aliphatic carbocycles. The van der Waals surface area contributed by atoms with Crippen LogP contribution in [0, 0.1) is 5.41 Å². The Morgan fingerprint density at radius 3 is 2.74 bits per heavy atom. The summed E-state index contributed by atoms with van der Waals surface area (Å²) in [4.78, 5) is 48.1. The topological polar surface area (TPSA) is 256 Å². The highest BCUT2D eigenvalue weighted by Crippen LogP contribution is 2.27. The van der Waals surface area contributed by atoms with E-state index in [4.69, 9.17) is 26.5 Å². The summed E-state index contributed by atoms with van der Waals surface area (Å²) in [6.07, 6.45) is -0.0632. The Balaban J connectivity index is 1.38. The number of nitrogens with two attached hydrogens (primary N) is 2. The molecule has 3 heterocycles. The monoisotopic (exact) mass is 637 g/mol.